The van der Waals surface area contributed by atoms with Crippen molar-refractivity contribution in [2.24, 2.45) is 17.3 Å². The number of rotatable bonds is 13. The zero-order valence-electron chi connectivity index (χ0n) is 33.8. The summed E-state index contributed by atoms with van der Waals surface area (Å²) in [6.45, 7) is 3.86. The summed E-state index contributed by atoms with van der Waals surface area (Å²) in [7, 11) is -4.56. The van der Waals surface area contributed by atoms with Gasteiger partial charge in [0.2, 0.25) is 5.91 Å². The average Bonchev–Trinajstić information content (AvgIpc) is 3.98. The molecule has 0 radical (unpaired) electrons. The Kier molecular flexibility index (Phi) is 11.1. The van der Waals surface area contributed by atoms with Crippen LogP contribution in [-0.2, 0) is 19.6 Å². The number of likely N-dealkylation sites (tertiary alicyclic amines) is 1. The Morgan fingerprint density at radius 3 is 2.49 bits per heavy atom. The molecule has 1 unspecified atom stereocenters. The zero-order valence-corrected chi connectivity index (χ0v) is 34.6. The van der Waals surface area contributed by atoms with Gasteiger partial charge in [-0.3, -0.25) is 19.7 Å². The molecule has 1 aliphatic carbocycles. The summed E-state index contributed by atoms with van der Waals surface area (Å²) in [5.74, 6) is 0.370. The van der Waals surface area contributed by atoms with Gasteiger partial charge in [-0.1, -0.05) is 43.2 Å². The number of aromatic amines is 1. The third-order valence-corrected chi connectivity index (χ3v) is 14.3. The molecule has 4 fully saturated rings. The van der Waals surface area contributed by atoms with E-state index in [9.17, 15) is 28.1 Å². The Bertz CT molecular complexity index is 2550. The van der Waals surface area contributed by atoms with Crippen molar-refractivity contribution in [1.29, 1.82) is 0 Å². The number of anilines is 2. The summed E-state index contributed by atoms with van der Waals surface area (Å²) in [6.07, 6.45) is 10.7. The lowest BCUT2D eigenvalue weighted by Gasteiger charge is -2.56. The van der Waals surface area contributed by atoms with Crippen LogP contribution >= 0.6 is 0 Å². The van der Waals surface area contributed by atoms with E-state index in [1.54, 1.807) is 24.4 Å². The van der Waals surface area contributed by atoms with E-state index < -0.39 is 31.4 Å². The third kappa shape index (κ3) is 8.13. The Hall–Kier alpha value is -6.00. The number of carbonyl (C=O) groups excluding carboxylic acids is 2. The number of nitro benzene ring substituents is 1. The lowest BCUT2D eigenvalue weighted by molar-refractivity contribution is -0.384. The van der Waals surface area contributed by atoms with Gasteiger partial charge < -0.3 is 29.6 Å². The molecule has 2 aromatic heterocycles. The van der Waals surface area contributed by atoms with Gasteiger partial charge in [0.05, 0.1) is 33.0 Å². The van der Waals surface area contributed by atoms with Crippen LogP contribution in [0.3, 0.4) is 0 Å². The van der Waals surface area contributed by atoms with Crippen molar-refractivity contribution in [1.82, 2.24) is 19.6 Å². The van der Waals surface area contributed by atoms with Crippen molar-refractivity contribution >= 4 is 49.9 Å². The van der Waals surface area contributed by atoms with Crippen molar-refractivity contribution in [2.45, 2.75) is 62.3 Å². The number of nitrogens with zero attached hydrogens (tertiary/aromatic N) is 4. The third-order valence-electron chi connectivity index (χ3n) is 13.0. The van der Waals surface area contributed by atoms with Crippen LogP contribution in [0.25, 0.3) is 11.0 Å². The van der Waals surface area contributed by atoms with E-state index in [1.807, 2.05) is 12.1 Å². The number of ether oxygens (including phenoxy) is 2. The predicted octanol–water partition coefficient (Wildman–Crippen LogP) is 7.58. The molecule has 61 heavy (non-hydrogen) atoms. The van der Waals surface area contributed by atoms with E-state index in [1.165, 1.54) is 30.0 Å². The normalized spacial score (nSPS) is 19.5. The number of aromatic nitrogens is 2. The molecule has 1 saturated carbocycles. The lowest BCUT2D eigenvalue weighted by Crippen LogP contribution is -2.63. The monoisotopic (exact) mass is 847 g/mol. The molecule has 2 amide bonds. The number of amides is 2. The van der Waals surface area contributed by atoms with Crippen molar-refractivity contribution in [3.05, 3.63) is 112 Å². The maximum Gasteiger partial charge on any atom is 0.293 e. The number of hydrogen-bond donors (Lipinski definition) is 3. The number of benzene rings is 3. The minimum Gasteiger partial charge on any atom is -0.455 e. The number of fused-ring (bicyclic) bond motifs is 1. The van der Waals surface area contributed by atoms with Crippen LogP contribution < -0.4 is 19.7 Å². The van der Waals surface area contributed by atoms with E-state index in [2.05, 4.69) is 54.1 Å². The number of nitrogens with one attached hydrogen (secondary N) is 3. The number of sulfonamides is 1. The van der Waals surface area contributed by atoms with E-state index >= 15 is 0 Å². The van der Waals surface area contributed by atoms with Crippen molar-refractivity contribution in [2.75, 3.05) is 49.6 Å². The quantitative estimate of drug-likeness (QED) is 0.0602. The minimum atomic E-state index is -4.56. The first-order valence-corrected chi connectivity index (χ1v) is 22.6. The number of pyridine rings is 1. The van der Waals surface area contributed by atoms with Crippen LogP contribution in [0.15, 0.2) is 96.2 Å². The molecule has 15 nitrogen and oxygen atoms in total. The first-order chi connectivity index (χ1) is 29.6. The first-order valence-electron chi connectivity index (χ1n) is 21.1. The molecule has 5 heterocycles. The molecule has 4 aliphatic rings. The van der Waals surface area contributed by atoms with Gasteiger partial charge in [0.1, 0.15) is 22.8 Å². The topological polar surface area (TPSA) is 189 Å². The van der Waals surface area contributed by atoms with Gasteiger partial charge in [-0.25, -0.2) is 18.1 Å². The van der Waals surface area contributed by atoms with Crippen LogP contribution in [0.4, 0.5) is 17.1 Å². The predicted molar refractivity (Wildman–Crippen MR) is 229 cm³/mol. The van der Waals surface area contributed by atoms with Crippen molar-refractivity contribution < 1.29 is 32.4 Å². The molecule has 318 valence electrons. The van der Waals surface area contributed by atoms with E-state index in [4.69, 9.17) is 9.47 Å². The molecule has 9 rings (SSSR count). The van der Waals surface area contributed by atoms with Crippen LogP contribution in [0.2, 0.25) is 0 Å². The maximum atomic E-state index is 13.9. The molecule has 3 N–H and O–H groups in total. The lowest BCUT2D eigenvalue weighted by atomic mass is 9.66. The highest BCUT2D eigenvalue weighted by atomic mass is 32.2. The highest BCUT2D eigenvalue weighted by Crippen LogP contribution is 2.59. The van der Waals surface area contributed by atoms with E-state index in [0.717, 1.165) is 68.5 Å². The Balaban J connectivity index is 0.918. The molecule has 16 heteroatoms. The summed E-state index contributed by atoms with van der Waals surface area (Å²) in [5, 5.41) is 15.9. The summed E-state index contributed by atoms with van der Waals surface area (Å²) in [4.78, 5) is 50.4. The molecule has 3 aliphatic heterocycles. The van der Waals surface area contributed by atoms with Gasteiger partial charge in [-0.2, -0.15) is 0 Å². The summed E-state index contributed by atoms with van der Waals surface area (Å²) < 4.78 is 41.1. The molecule has 3 aromatic carbocycles. The summed E-state index contributed by atoms with van der Waals surface area (Å²) >= 11 is 0. The number of H-pyrrole nitrogens is 1. The van der Waals surface area contributed by atoms with Crippen LogP contribution in [0.1, 0.15) is 73.3 Å². The molecule has 1 spiro atoms. The second kappa shape index (κ2) is 16.8. The second-order valence-electron chi connectivity index (χ2n) is 16.7. The SMILES string of the molecule is O=C(NS(=O)(=O)c1ccc(NCC2CCOCC2)c([N+](=O)[O-])c1)c1ccc(N2CCC(CN3C(=O)C4(CCCC4)C3c3ccccc3)CC2)cc1Oc1cnc2[nH]ccc2c1. The van der Waals surface area contributed by atoms with E-state index in [0.29, 0.717) is 62.6 Å². The Morgan fingerprint density at radius 2 is 1.74 bits per heavy atom. The number of carbonyl (C=O) groups is 2. The molecule has 5 aromatic rings. The molecule has 3 saturated heterocycles. The van der Waals surface area contributed by atoms with Crippen LogP contribution in [0.5, 0.6) is 11.5 Å². The molecular weight excluding hydrogens is 799 g/mol. The zero-order chi connectivity index (χ0) is 42.1. The fraction of sp³-hybridized carbons (Fsp3) is 0.400. The maximum absolute atomic E-state index is 13.9. The molecular formula is C45H49N7O8S. The van der Waals surface area contributed by atoms with Gasteiger partial charge >= 0.3 is 0 Å². The van der Waals surface area contributed by atoms with Crippen LogP contribution in [-0.4, -0.2) is 79.4 Å². The standard InChI is InChI=1S/C45H49N7O8S/c53-43(49-61(57,58)36-9-11-38(39(26-36)52(55)56)47-27-30-15-22-59-23-16-30)37-10-8-34(25-40(37)60-35-24-33-12-19-46-42(33)48-28-35)50-20-13-31(14-21-50)29-51-41(32-6-2-1-3-7-32)45(44(51)54)17-4-5-18-45/h1-3,6-12,19,24-26,28,30-31,41,47H,4-5,13-18,20-23,27,29H2,(H,46,48)(H,49,53). The fourth-order valence-electron chi connectivity index (χ4n) is 9.72. The van der Waals surface area contributed by atoms with Gasteiger partial charge in [0, 0.05) is 68.8 Å². The van der Waals surface area contributed by atoms with Gasteiger partial charge in [-0.15, -0.1) is 0 Å². The first kappa shape index (κ1) is 40.4. The largest absolute Gasteiger partial charge is 0.455 e. The summed E-state index contributed by atoms with van der Waals surface area (Å²) in [6, 6.07) is 22.7. The summed E-state index contributed by atoms with van der Waals surface area (Å²) in [5.41, 5.74) is 2.10. The smallest absolute Gasteiger partial charge is 0.293 e. The Labute approximate surface area is 354 Å². The fourth-order valence-corrected chi connectivity index (χ4v) is 10.7. The van der Waals surface area contributed by atoms with Crippen LogP contribution in [0, 0.1) is 27.4 Å². The number of nitro groups is 1. The molecule has 0 bridgehead atoms. The minimum absolute atomic E-state index is 0.0512. The number of β-lactam (4-membered cyclic amide) rings is 1. The Morgan fingerprint density at radius 1 is 0.967 bits per heavy atom. The van der Waals surface area contributed by atoms with Gasteiger partial charge in [-0.05, 0) is 92.3 Å². The molecule has 1 atom stereocenters. The highest BCUT2D eigenvalue weighted by molar-refractivity contribution is 7.90. The van der Waals surface area contributed by atoms with Crippen molar-refractivity contribution in [3.8, 4) is 11.5 Å². The van der Waals surface area contributed by atoms with Crippen molar-refractivity contribution in [3.63, 3.8) is 0 Å². The highest BCUT2D eigenvalue weighted by Gasteiger charge is 2.61. The number of hydrogen-bond acceptors (Lipinski definition) is 11. The number of piperidine rings is 1. The average molecular weight is 848 g/mol. The van der Waals surface area contributed by atoms with Gasteiger partial charge in [0.15, 0.2) is 0 Å². The van der Waals surface area contributed by atoms with E-state index in [-0.39, 0.29) is 34.4 Å². The second-order valence-corrected chi connectivity index (χ2v) is 18.4. The van der Waals surface area contributed by atoms with Gasteiger partial charge in [0.25, 0.3) is 21.6 Å².